The first-order chi connectivity index (χ1) is 12.7. The third-order valence-electron chi connectivity index (χ3n) is 6.00. The van der Waals surface area contributed by atoms with E-state index in [0.717, 1.165) is 77.2 Å². The van der Waals surface area contributed by atoms with Crippen LogP contribution in [0.25, 0.3) is 0 Å². The summed E-state index contributed by atoms with van der Waals surface area (Å²) in [6.07, 6.45) is 3.89. The van der Waals surface area contributed by atoms with Gasteiger partial charge >= 0.3 is 0 Å². The van der Waals surface area contributed by atoms with Crippen LogP contribution in [-0.4, -0.2) is 67.7 Å². The molecule has 1 unspecified atom stereocenters. The van der Waals surface area contributed by atoms with E-state index >= 15 is 0 Å². The number of rotatable bonds is 2. The summed E-state index contributed by atoms with van der Waals surface area (Å²) in [5.41, 5.74) is 2.28. The summed E-state index contributed by atoms with van der Waals surface area (Å²) in [5, 5.41) is 3.20. The van der Waals surface area contributed by atoms with Gasteiger partial charge in [0, 0.05) is 49.9 Å². The Morgan fingerprint density at radius 3 is 2.81 bits per heavy atom. The minimum absolute atomic E-state index is 0.0748. The Labute approximate surface area is 154 Å². The van der Waals surface area contributed by atoms with E-state index in [9.17, 15) is 9.18 Å². The number of morpholine rings is 1. The summed E-state index contributed by atoms with van der Waals surface area (Å²) in [6, 6.07) is 3.68. The van der Waals surface area contributed by atoms with E-state index in [1.165, 1.54) is 6.07 Å². The second-order valence-corrected chi connectivity index (χ2v) is 7.50. The lowest BCUT2D eigenvalue weighted by Gasteiger charge is -2.34. The lowest BCUT2D eigenvalue weighted by Crippen LogP contribution is -2.44. The molecule has 0 radical (unpaired) electrons. The Balaban J connectivity index is 1.47. The van der Waals surface area contributed by atoms with Gasteiger partial charge in [-0.25, -0.2) is 4.39 Å². The smallest absolute Gasteiger partial charge is 0.254 e. The maximum absolute atomic E-state index is 14.1. The molecule has 1 amide bonds. The van der Waals surface area contributed by atoms with Gasteiger partial charge in [-0.05, 0) is 49.9 Å². The molecule has 5 nitrogen and oxygen atoms in total. The van der Waals surface area contributed by atoms with Gasteiger partial charge in [-0.3, -0.25) is 9.69 Å². The molecular formula is C20H28FN3O2. The fraction of sp³-hybridized carbons (Fsp3) is 0.650. The molecule has 1 atom stereocenters. The number of nitrogens with one attached hydrogen (secondary N) is 1. The number of fused-ring (bicyclic) bond motifs is 1. The normalized spacial score (nSPS) is 24.8. The summed E-state index contributed by atoms with van der Waals surface area (Å²) in [6.45, 7) is 6.52. The zero-order valence-corrected chi connectivity index (χ0v) is 15.3. The van der Waals surface area contributed by atoms with E-state index in [4.69, 9.17) is 4.74 Å². The van der Waals surface area contributed by atoms with Crippen LogP contribution < -0.4 is 5.32 Å². The van der Waals surface area contributed by atoms with Gasteiger partial charge in [0.1, 0.15) is 5.82 Å². The molecule has 4 rings (SSSR count). The zero-order valence-electron chi connectivity index (χ0n) is 15.3. The van der Waals surface area contributed by atoms with Crippen molar-refractivity contribution in [2.45, 2.75) is 38.3 Å². The molecule has 26 heavy (non-hydrogen) atoms. The van der Waals surface area contributed by atoms with E-state index in [1.54, 1.807) is 6.07 Å². The van der Waals surface area contributed by atoms with Gasteiger partial charge in [0.25, 0.3) is 5.91 Å². The van der Waals surface area contributed by atoms with Crippen molar-refractivity contribution in [3.8, 4) is 0 Å². The molecule has 142 valence electrons. The second-order valence-electron chi connectivity index (χ2n) is 7.50. The molecule has 1 aromatic rings. The lowest BCUT2D eigenvalue weighted by atomic mass is 9.94. The summed E-state index contributed by atoms with van der Waals surface area (Å²) in [7, 11) is 0. The Kier molecular flexibility index (Phi) is 5.52. The van der Waals surface area contributed by atoms with Crippen LogP contribution in [0.2, 0.25) is 0 Å². The van der Waals surface area contributed by atoms with Crippen molar-refractivity contribution < 1.29 is 13.9 Å². The number of hydrogen-bond donors (Lipinski definition) is 1. The Bertz CT molecular complexity index is 661. The van der Waals surface area contributed by atoms with E-state index < -0.39 is 0 Å². The van der Waals surface area contributed by atoms with E-state index in [1.807, 2.05) is 4.90 Å². The summed E-state index contributed by atoms with van der Waals surface area (Å²) < 4.78 is 19.6. The monoisotopic (exact) mass is 361 g/mol. The van der Waals surface area contributed by atoms with Gasteiger partial charge in [-0.2, -0.15) is 0 Å². The van der Waals surface area contributed by atoms with Gasteiger partial charge in [0.2, 0.25) is 0 Å². The van der Waals surface area contributed by atoms with Gasteiger partial charge in [-0.1, -0.05) is 0 Å². The van der Waals surface area contributed by atoms with Crippen LogP contribution in [0.1, 0.15) is 40.7 Å². The summed E-state index contributed by atoms with van der Waals surface area (Å²) in [4.78, 5) is 17.7. The van der Waals surface area contributed by atoms with E-state index in [2.05, 4.69) is 10.2 Å². The van der Waals surface area contributed by atoms with Crippen molar-refractivity contribution in [3.63, 3.8) is 0 Å². The largest absolute Gasteiger partial charge is 0.379 e. The van der Waals surface area contributed by atoms with Gasteiger partial charge in [-0.15, -0.1) is 0 Å². The molecule has 1 N–H and O–H groups in total. The molecule has 0 saturated carbocycles. The lowest BCUT2D eigenvalue weighted by molar-refractivity contribution is 0.0135. The molecule has 0 bridgehead atoms. The van der Waals surface area contributed by atoms with Crippen LogP contribution in [-0.2, 0) is 17.7 Å². The first-order valence-corrected chi connectivity index (χ1v) is 9.86. The van der Waals surface area contributed by atoms with Gasteiger partial charge in [0.05, 0.1) is 13.2 Å². The number of nitrogens with zero attached hydrogens (tertiary/aromatic N) is 2. The van der Waals surface area contributed by atoms with Crippen molar-refractivity contribution in [1.82, 2.24) is 15.1 Å². The number of likely N-dealkylation sites (tertiary alicyclic amines) is 1. The van der Waals surface area contributed by atoms with Crippen molar-refractivity contribution >= 4 is 5.91 Å². The third kappa shape index (κ3) is 3.63. The molecule has 0 aromatic heterocycles. The van der Waals surface area contributed by atoms with Crippen LogP contribution in [0.15, 0.2) is 12.1 Å². The van der Waals surface area contributed by atoms with Crippen molar-refractivity contribution in [1.29, 1.82) is 0 Å². The maximum Gasteiger partial charge on any atom is 0.254 e. The van der Waals surface area contributed by atoms with Crippen molar-refractivity contribution in [2.24, 2.45) is 0 Å². The first kappa shape index (κ1) is 17.9. The second kappa shape index (κ2) is 8.03. The summed E-state index contributed by atoms with van der Waals surface area (Å²) in [5.74, 6) is -0.127. The number of benzene rings is 1. The average molecular weight is 361 g/mol. The van der Waals surface area contributed by atoms with Crippen molar-refractivity contribution in [3.05, 3.63) is 34.6 Å². The number of carbonyl (C=O) groups excluding carboxylic acids is 1. The predicted molar refractivity (Wildman–Crippen MR) is 97.7 cm³/mol. The highest BCUT2D eigenvalue weighted by atomic mass is 19.1. The molecule has 0 spiro atoms. The topological polar surface area (TPSA) is 44.8 Å². The first-order valence-electron chi connectivity index (χ1n) is 9.86. The average Bonchev–Trinajstić information content (AvgIpc) is 2.95. The number of carbonyl (C=O) groups is 1. The minimum atomic E-state index is -0.202. The molecule has 3 aliphatic rings. The van der Waals surface area contributed by atoms with Gasteiger partial charge < -0.3 is 15.0 Å². The highest BCUT2D eigenvalue weighted by Gasteiger charge is 2.28. The fourth-order valence-corrected chi connectivity index (χ4v) is 4.53. The molecule has 1 aromatic carbocycles. The van der Waals surface area contributed by atoms with E-state index in [-0.39, 0.29) is 11.7 Å². The predicted octanol–water partition coefficient (Wildman–Crippen LogP) is 1.80. The number of ether oxygens (including phenoxy) is 1. The molecule has 2 saturated heterocycles. The van der Waals surface area contributed by atoms with Crippen LogP contribution in [0.4, 0.5) is 4.39 Å². The highest BCUT2D eigenvalue weighted by Crippen LogP contribution is 2.25. The third-order valence-corrected chi connectivity index (χ3v) is 6.00. The fourth-order valence-electron chi connectivity index (χ4n) is 4.53. The summed E-state index contributed by atoms with van der Waals surface area (Å²) >= 11 is 0. The highest BCUT2D eigenvalue weighted by molar-refractivity contribution is 5.96. The number of halogens is 1. The molecular weight excluding hydrogens is 333 g/mol. The Hall–Kier alpha value is -1.50. The van der Waals surface area contributed by atoms with Crippen LogP contribution >= 0.6 is 0 Å². The molecule has 3 heterocycles. The minimum Gasteiger partial charge on any atom is -0.379 e. The molecule has 2 fully saturated rings. The Morgan fingerprint density at radius 2 is 1.96 bits per heavy atom. The van der Waals surface area contributed by atoms with Crippen LogP contribution in [0.5, 0.6) is 0 Å². The SMILES string of the molecule is O=C(c1ccc(F)c2c1CCNC2)N1CCCC(N2CCOCC2)CC1. The molecule has 3 aliphatic heterocycles. The molecule has 6 heteroatoms. The quantitative estimate of drug-likeness (QED) is 0.873. The maximum atomic E-state index is 14.1. The standard InChI is InChI=1S/C20H28FN3O2/c21-19-4-3-17(16-5-7-22-14-18(16)19)20(25)24-8-1-2-15(6-9-24)23-10-12-26-13-11-23/h3-4,15,22H,1-2,5-14H2. The molecule has 0 aliphatic carbocycles. The van der Waals surface area contributed by atoms with E-state index in [0.29, 0.717) is 23.7 Å². The van der Waals surface area contributed by atoms with Crippen LogP contribution in [0.3, 0.4) is 0 Å². The van der Waals surface area contributed by atoms with Crippen molar-refractivity contribution in [2.75, 3.05) is 45.9 Å². The Morgan fingerprint density at radius 1 is 1.12 bits per heavy atom. The number of amides is 1. The number of hydrogen-bond acceptors (Lipinski definition) is 4. The van der Waals surface area contributed by atoms with Gasteiger partial charge in [0.15, 0.2) is 0 Å². The zero-order chi connectivity index (χ0) is 17.9. The van der Waals surface area contributed by atoms with Crippen LogP contribution in [0, 0.1) is 5.82 Å².